The minimum absolute atomic E-state index is 0.00321. The standard InChI is InChI=1S/C22H31N3O3/c1-3-5-15-6-8-16(9-7-15)20-18(13-24-21(27)17-10-11-17)25(19(20)14-26)22(28)23-12-4-2/h3,5-9,17-20,26H,4,10-14H2,1-2H3,(H,23,28)(H,24,27)/b5-3+/t18-,19+,20+/m0/s1. The van der Waals surface area contributed by atoms with Crippen LogP contribution in [0.3, 0.4) is 0 Å². The molecule has 3 N–H and O–H groups in total. The Morgan fingerprint density at radius 1 is 1.18 bits per heavy atom. The molecule has 2 aliphatic rings. The Morgan fingerprint density at radius 2 is 1.89 bits per heavy atom. The van der Waals surface area contributed by atoms with Crippen molar-refractivity contribution in [2.24, 2.45) is 5.92 Å². The summed E-state index contributed by atoms with van der Waals surface area (Å²) in [6, 6.07) is 7.58. The van der Waals surface area contributed by atoms with Gasteiger partial charge in [0.05, 0.1) is 18.7 Å². The Morgan fingerprint density at radius 3 is 2.46 bits per heavy atom. The average molecular weight is 386 g/mol. The molecule has 28 heavy (non-hydrogen) atoms. The van der Waals surface area contributed by atoms with E-state index >= 15 is 0 Å². The Bertz CT molecular complexity index is 712. The van der Waals surface area contributed by atoms with Crippen molar-refractivity contribution in [1.82, 2.24) is 15.5 Å². The van der Waals surface area contributed by atoms with E-state index in [4.69, 9.17) is 0 Å². The number of carbonyl (C=O) groups is 2. The highest BCUT2D eigenvalue weighted by atomic mass is 16.3. The number of likely N-dealkylation sites (tertiary alicyclic amines) is 1. The molecule has 0 aromatic heterocycles. The summed E-state index contributed by atoms with van der Waals surface area (Å²) in [4.78, 5) is 26.5. The van der Waals surface area contributed by atoms with Gasteiger partial charge in [-0.1, -0.05) is 43.3 Å². The second kappa shape index (κ2) is 9.24. The smallest absolute Gasteiger partial charge is 0.318 e. The number of nitrogens with zero attached hydrogens (tertiary/aromatic N) is 1. The Labute approximate surface area is 167 Å². The number of urea groups is 1. The van der Waals surface area contributed by atoms with Crippen molar-refractivity contribution in [2.45, 2.75) is 51.1 Å². The van der Waals surface area contributed by atoms with Crippen molar-refractivity contribution in [3.05, 3.63) is 41.5 Å². The van der Waals surface area contributed by atoms with E-state index in [2.05, 4.69) is 22.8 Å². The molecule has 0 radical (unpaired) electrons. The van der Waals surface area contributed by atoms with Crippen LogP contribution in [0, 0.1) is 5.92 Å². The van der Waals surface area contributed by atoms with E-state index in [1.54, 1.807) is 4.90 Å². The minimum atomic E-state index is -0.285. The van der Waals surface area contributed by atoms with Gasteiger partial charge in [-0.25, -0.2) is 4.79 Å². The summed E-state index contributed by atoms with van der Waals surface area (Å²) in [5.74, 6) is 0.203. The average Bonchev–Trinajstić information content (AvgIpc) is 3.52. The third-order valence-corrected chi connectivity index (χ3v) is 5.61. The molecular weight excluding hydrogens is 354 g/mol. The number of rotatable bonds is 8. The maximum Gasteiger partial charge on any atom is 0.318 e. The number of carbonyl (C=O) groups excluding carboxylic acids is 2. The summed E-state index contributed by atoms with van der Waals surface area (Å²) >= 11 is 0. The Balaban J connectivity index is 1.77. The molecule has 3 rings (SSSR count). The van der Waals surface area contributed by atoms with E-state index in [0.29, 0.717) is 13.1 Å². The zero-order valence-corrected chi connectivity index (χ0v) is 16.7. The van der Waals surface area contributed by atoms with E-state index in [9.17, 15) is 14.7 Å². The van der Waals surface area contributed by atoms with Gasteiger partial charge in [-0.15, -0.1) is 0 Å². The summed E-state index contributed by atoms with van der Waals surface area (Å²) in [7, 11) is 0. The van der Waals surface area contributed by atoms with Gasteiger partial charge in [0.15, 0.2) is 0 Å². The molecule has 2 fully saturated rings. The van der Waals surface area contributed by atoms with Gasteiger partial charge in [-0.05, 0) is 37.3 Å². The molecule has 0 bridgehead atoms. The van der Waals surface area contributed by atoms with Crippen LogP contribution in [-0.2, 0) is 4.79 Å². The first kappa shape index (κ1) is 20.4. The van der Waals surface area contributed by atoms with Crippen LogP contribution in [0.25, 0.3) is 6.08 Å². The van der Waals surface area contributed by atoms with E-state index in [1.807, 2.05) is 38.1 Å². The lowest BCUT2D eigenvalue weighted by atomic mass is 9.75. The molecule has 6 nitrogen and oxygen atoms in total. The highest BCUT2D eigenvalue weighted by Gasteiger charge is 2.51. The largest absolute Gasteiger partial charge is 0.394 e. The number of amides is 3. The van der Waals surface area contributed by atoms with Crippen LogP contribution in [0.15, 0.2) is 30.3 Å². The van der Waals surface area contributed by atoms with Crippen LogP contribution in [0.2, 0.25) is 0 Å². The molecule has 1 saturated heterocycles. The predicted octanol–water partition coefficient (Wildman–Crippen LogP) is 2.49. The fraction of sp³-hybridized carbons (Fsp3) is 0.545. The first-order valence-corrected chi connectivity index (χ1v) is 10.3. The number of benzene rings is 1. The number of hydrogen-bond donors (Lipinski definition) is 3. The topological polar surface area (TPSA) is 81.7 Å². The molecule has 1 saturated carbocycles. The fourth-order valence-electron chi connectivity index (χ4n) is 3.96. The summed E-state index contributed by atoms with van der Waals surface area (Å²) < 4.78 is 0. The van der Waals surface area contributed by atoms with Crippen LogP contribution in [0.1, 0.15) is 50.2 Å². The van der Waals surface area contributed by atoms with Crippen LogP contribution >= 0.6 is 0 Å². The normalized spacial score (nSPS) is 24.1. The van der Waals surface area contributed by atoms with Gasteiger partial charge >= 0.3 is 6.03 Å². The first-order valence-electron chi connectivity index (χ1n) is 10.3. The van der Waals surface area contributed by atoms with Gasteiger partial charge in [-0.3, -0.25) is 4.79 Å². The lowest BCUT2D eigenvalue weighted by molar-refractivity contribution is -0.123. The SMILES string of the molecule is C/C=C/c1ccc([C@H]2[C@@H](CO)N(C(=O)NCCC)[C@H]2CNC(=O)C2CC2)cc1. The number of aliphatic hydroxyl groups is 1. The van der Waals surface area contributed by atoms with Gasteiger partial charge < -0.3 is 20.6 Å². The zero-order valence-electron chi connectivity index (χ0n) is 16.7. The second-order valence-electron chi connectivity index (χ2n) is 7.67. The van der Waals surface area contributed by atoms with E-state index in [1.165, 1.54) is 0 Å². The van der Waals surface area contributed by atoms with E-state index in [-0.39, 0.29) is 42.5 Å². The predicted molar refractivity (Wildman–Crippen MR) is 110 cm³/mol. The van der Waals surface area contributed by atoms with E-state index in [0.717, 1.165) is 30.4 Å². The quantitative estimate of drug-likeness (QED) is 0.643. The number of allylic oxidation sites excluding steroid dienone is 1. The van der Waals surface area contributed by atoms with Crippen LogP contribution < -0.4 is 10.6 Å². The van der Waals surface area contributed by atoms with Crippen molar-refractivity contribution in [1.29, 1.82) is 0 Å². The monoisotopic (exact) mass is 385 g/mol. The van der Waals surface area contributed by atoms with Gasteiger partial charge in [0, 0.05) is 24.9 Å². The molecule has 152 valence electrons. The Kier molecular flexibility index (Phi) is 6.73. The Hall–Kier alpha value is -2.34. The highest BCUT2D eigenvalue weighted by Crippen LogP contribution is 2.40. The maximum atomic E-state index is 12.7. The lowest BCUT2D eigenvalue weighted by Gasteiger charge is -2.54. The molecule has 0 unspecified atom stereocenters. The maximum absolute atomic E-state index is 12.7. The number of hydrogen-bond acceptors (Lipinski definition) is 3. The molecule has 1 aromatic rings. The van der Waals surface area contributed by atoms with Crippen molar-refractivity contribution in [3.8, 4) is 0 Å². The van der Waals surface area contributed by atoms with Crippen molar-refractivity contribution in [3.63, 3.8) is 0 Å². The van der Waals surface area contributed by atoms with E-state index < -0.39 is 0 Å². The minimum Gasteiger partial charge on any atom is -0.394 e. The van der Waals surface area contributed by atoms with Crippen molar-refractivity contribution in [2.75, 3.05) is 19.7 Å². The summed E-state index contributed by atoms with van der Waals surface area (Å²) in [6.45, 7) is 4.88. The van der Waals surface area contributed by atoms with Crippen LogP contribution in [0.4, 0.5) is 4.79 Å². The number of nitrogens with one attached hydrogen (secondary N) is 2. The highest BCUT2D eigenvalue weighted by molar-refractivity contribution is 5.81. The second-order valence-corrected chi connectivity index (χ2v) is 7.67. The summed E-state index contributed by atoms with van der Waals surface area (Å²) in [5, 5.41) is 15.9. The molecule has 6 heteroatoms. The molecule has 1 heterocycles. The molecule has 1 aromatic carbocycles. The third-order valence-electron chi connectivity index (χ3n) is 5.61. The molecule has 1 aliphatic heterocycles. The summed E-state index contributed by atoms with van der Waals surface area (Å²) in [6.07, 6.45) is 6.78. The fourth-order valence-corrected chi connectivity index (χ4v) is 3.96. The lowest BCUT2D eigenvalue weighted by Crippen LogP contribution is -2.70. The van der Waals surface area contributed by atoms with Crippen molar-refractivity contribution < 1.29 is 14.7 Å². The molecule has 3 amide bonds. The van der Waals surface area contributed by atoms with Crippen LogP contribution in [-0.4, -0.2) is 53.7 Å². The molecule has 0 spiro atoms. The molecular formula is C22H31N3O3. The van der Waals surface area contributed by atoms with Gasteiger partial charge in [0.25, 0.3) is 0 Å². The molecule has 1 aliphatic carbocycles. The van der Waals surface area contributed by atoms with Gasteiger partial charge in [-0.2, -0.15) is 0 Å². The third kappa shape index (κ3) is 4.38. The van der Waals surface area contributed by atoms with Gasteiger partial charge in [0.2, 0.25) is 5.91 Å². The molecule has 3 atom stereocenters. The van der Waals surface area contributed by atoms with Gasteiger partial charge in [0.1, 0.15) is 0 Å². The van der Waals surface area contributed by atoms with Crippen LogP contribution in [0.5, 0.6) is 0 Å². The van der Waals surface area contributed by atoms with Crippen molar-refractivity contribution >= 4 is 18.0 Å². The summed E-state index contributed by atoms with van der Waals surface area (Å²) in [5.41, 5.74) is 2.19. The number of aliphatic hydroxyl groups excluding tert-OH is 1. The first-order chi connectivity index (χ1) is 13.6. The zero-order chi connectivity index (χ0) is 20.1.